The van der Waals surface area contributed by atoms with Crippen LogP contribution in [0, 0.1) is 0 Å². The highest BCUT2D eigenvalue weighted by molar-refractivity contribution is 6.00. The number of likely N-dealkylation sites (N-methyl/N-ethyl adjacent to an activating group) is 1. The molecule has 1 aliphatic rings. The maximum atomic E-state index is 12.8. The fraction of sp³-hybridized carbons (Fsp3) is 0.294. The molecule has 3 heterocycles. The average molecular weight is 311 g/mol. The van der Waals surface area contributed by atoms with Crippen molar-refractivity contribution in [2.24, 2.45) is 0 Å². The van der Waals surface area contributed by atoms with E-state index in [-0.39, 0.29) is 11.9 Å². The average Bonchev–Trinajstić information content (AvgIpc) is 3.32. The lowest BCUT2D eigenvalue weighted by Gasteiger charge is -2.22. The van der Waals surface area contributed by atoms with E-state index in [0.717, 1.165) is 17.4 Å². The van der Waals surface area contributed by atoms with Gasteiger partial charge in [-0.3, -0.25) is 9.89 Å². The molecular formula is C17H17N3O3. The highest BCUT2D eigenvalue weighted by atomic mass is 16.5. The number of rotatable bonds is 3. The fourth-order valence-corrected chi connectivity index (χ4v) is 2.92. The first-order valence-corrected chi connectivity index (χ1v) is 7.61. The number of ether oxygens (including phenoxy) is 1. The number of amides is 1. The van der Waals surface area contributed by atoms with Gasteiger partial charge in [-0.15, -0.1) is 0 Å². The molecule has 0 spiro atoms. The van der Waals surface area contributed by atoms with Gasteiger partial charge in [0.2, 0.25) is 0 Å². The first kappa shape index (κ1) is 14.0. The first-order chi connectivity index (χ1) is 11.2. The predicted molar refractivity (Wildman–Crippen MR) is 85.1 cm³/mol. The number of aromatic amines is 1. The second-order valence-corrected chi connectivity index (χ2v) is 5.74. The van der Waals surface area contributed by atoms with Gasteiger partial charge in [-0.05, 0) is 18.6 Å². The topological polar surface area (TPSA) is 71.4 Å². The molecule has 0 bridgehead atoms. The third kappa shape index (κ3) is 2.41. The van der Waals surface area contributed by atoms with Crippen LogP contribution in [0.2, 0.25) is 0 Å². The van der Waals surface area contributed by atoms with Crippen LogP contribution in [0.3, 0.4) is 0 Å². The molecule has 0 aliphatic carbocycles. The molecule has 1 N–H and O–H groups in total. The van der Waals surface area contributed by atoms with Crippen LogP contribution in [0.5, 0.6) is 0 Å². The Hall–Kier alpha value is -2.60. The van der Waals surface area contributed by atoms with E-state index in [4.69, 9.17) is 9.15 Å². The van der Waals surface area contributed by atoms with E-state index in [0.29, 0.717) is 30.2 Å². The van der Waals surface area contributed by atoms with Crippen molar-refractivity contribution in [3.8, 4) is 11.5 Å². The zero-order chi connectivity index (χ0) is 15.8. The van der Waals surface area contributed by atoms with E-state index >= 15 is 0 Å². The summed E-state index contributed by atoms with van der Waals surface area (Å²) in [6, 6.07) is 9.77. The van der Waals surface area contributed by atoms with Crippen LogP contribution in [0.4, 0.5) is 0 Å². The summed E-state index contributed by atoms with van der Waals surface area (Å²) in [6.07, 6.45) is 2.41. The molecule has 0 saturated carbocycles. The van der Waals surface area contributed by atoms with Crippen molar-refractivity contribution in [2.75, 3.05) is 20.3 Å². The van der Waals surface area contributed by atoms with Gasteiger partial charge in [0.05, 0.1) is 24.4 Å². The molecular weight excluding hydrogens is 294 g/mol. The van der Waals surface area contributed by atoms with Crippen LogP contribution in [-0.4, -0.2) is 47.3 Å². The molecule has 0 unspecified atom stereocenters. The lowest BCUT2D eigenvalue weighted by atomic mass is 10.1. The highest BCUT2D eigenvalue weighted by Gasteiger charge is 2.28. The normalized spacial score (nSPS) is 17.7. The molecule has 3 aromatic rings. The van der Waals surface area contributed by atoms with E-state index in [1.807, 2.05) is 30.3 Å². The number of para-hydroxylation sites is 1. The van der Waals surface area contributed by atoms with Gasteiger partial charge in [0.25, 0.3) is 5.91 Å². The van der Waals surface area contributed by atoms with Crippen LogP contribution in [0.25, 0.3) is 22.4 Å². The maximum Gasteiger partial charge on any atom is 0.257 e. The second-order valence-electron chi connectivity index (χ2n) is 5.74. The lowest BCUT2D eigenvalue weighted by Crippen LogP contribution is -2.37. The number of nitrogens with zero attached hydrogens (tertiary/aromatic N) is 2. The first-order valence-electron chi connectivity index (χ1n) is 7.61. The number of hydrogen-bond donors (Lipinski definition) is 1. The van der Waals surface area contributed by atoms with Gasteiger partial charge in [0.1, 0.15) is 11.3 Å². The number of benzene rings is 1. The summed E-state index contributed by atoms with van der Waals surface area (Å²) < 4.78 is 11.2. The molecule has 1 saturated heterocycles. The van der Waals surface area contributed by atoms with Crippen molar-refractivity contribution >= 4 is 16.9 Å². The Balaban J connectivity index is 1.68. The molecule has 1 aliphatic heterocycles. The summed E-state index contributed by atoms with van der Waals surface area (Å²) in [5.41, 5.74) is 1.91. The monoisotopic (exact) mass is 311 g/mol. The Morgan fingerprint density at radius 3 is 3.04 bits per heavy atom. The number of hydrogen-bond acceptors (Lipinski definition) is 4. The Morgan fingerprint density at radius 2 is 2.26 bits per heavy atom. The number of aromatic nitrogens is 2. The van der Waals surface area contributed by atoms with Crippen molar-refractivity contribution in [3.63, 3.8) is 0 Å². The molecule has 1 fully saturated rings. The Bertz CT molecular complexity index is 813. The largest absolute Gasteiger partial charge is 0.454 e. The zero-order valence-corrected chi connectivity index (χ0v) is 12.8. The summed E-state index contributed by atoms with van der Waals surface area (Å²) in [7, 11) is 1.80. The highest BCUT2D eigenvalue weighted by Crippen LogP contribution is 2.29. The minimum atomic E-state index is -0.0790. The van der Waals surface area contributed by atoms with Crippen LogP contribution < -0.4 is 0 Å². The van der Waals surface area contributed by atoms with Gasteiger partial charge in [-0.25, -0.2) is 0 Å². The van der Waals surface area contributed by atoms with Gasteiger partial charge >= 0.3 is 0 Å². The Kier molecular flexibility index (Phi) is 3.38. The minimum Gasteiger partial charge on any atom is -0.454 e. The lowest BCUT2D eigenvalue weighted by molar-refractivity contribution is 0.0712. The summed E-state index contributed by atoms with van der Waals surface area (Å²) in [5.74, 6) is 0.535. The molecule has 6 heteroatoms. The molecule has 1 aromatic carbocycles. The van der Waals surface area contributed by atoms with Crippen molar-refractivity contribution in [1.29, 1.82) is 0 Å². The molecule has 1 atom stereocenters. The number of carbonyl (C=O) groups excluding carboxylic acids is 1. The fourth-order valence-electron chi connectivity index (χ4n) is 2.92. The molecule has 118 valence electrons. The zero-order valence-electron chi connectivity index (χ0n) is 12.8. The number of fused-ring (bicyclic) bond motifs is 1. The van der Waals surface area contributed by atoms with Crippen LogP contribution in [0.15, 0.2) is 40.9 Å². The number of nitrogens with one attached hydrogen (secondary N) is 1. The van der Waals surface area contributed by atoms with E-state index < -0.39 is 0 Å². The van der Waals surface area contributed by atoms with Crippen LogP contribution in [0.1, 0.15) is 16.8 Å². The molecule has 6 nitrogen and oxygen atoms in total. The minimum absolute atomic E-state index is 0.0790. The molecule has 23 heavy (non-hydrogen) atoms. The van der Waals surface area contributed by atoms with E-state index in [1.165, 1.54) is 0 Å². The quantitative estimate of drug-likeness (QED) is 0.807. The van der Waals surface area contributed by atoms with Crippen LogP contribution >= 0.6 is 0 Å². The molecule has 2 aromatic heterocycles. The van der Waals surface area contributed by atoms with Gasteiger partial charge < -0.3 is 14.1 Å². The van der Waals surface area contributed by atoms with Gasteiger partial charge in [-0.2, -0.15) is 5.10 Å². The number of H-pyrrole nitrogens is 1. The Labute approximate surface area is 133 Å². The standard InChI is InChI=1S/C17H17N3O3/c1-20(12-6-7-22-10-12)17(21)13-9-18-19-16(13)15-8-11-4-2-3-5-14(11)23-15/h2-5,8-9,12H,6-7,10H2,1H3,(H,18,19)/t12-/m0/s1. The third-order valence-corrected chi connectivity index (χ3v) is 4.32. The summed E-state index contributed by atoms with van der Waals surface area (Å²) >= 11 is 0. The van der Waals surface area contributed by atoms with Gasteiger partial charge in [0, 0.05) is 19.0 Å². The van der Waals surface area contributed by atoms with E-state index in [9.17, 15) is 4.79 Å². The SMILES string of the molecule is CN(C(=O)c1cn[nH]c1-c1cc2ccccc2o1)[C@H]1CCOC1. The van der Waals surface area contributed by atoms with Crippen molar-refractivity contribution in [3.05, 3.63) is 42.1 Å². The summed E-state index contributed by atoms with van der Waals surface area (Å²) in [5, 5.41) is 7.92. The Morgan fingerprint density at radius 1 is 1.39 bits per heavy atom. The van der Waals surface area contributed by atoms with E-state index in [1.54, 1.807) is 18.1 Å². The second kappa shape index (κ2) is 5.55. The molecule has 1 amide bonds. The molecule has 0 radical (unpaired) electrons. The third-order valence-electron chi connectivity index (χ3n) is 4.32. The predicted octanol–water partition coefficient (Wildman–Crippen LogP) is 2.68. The van der Waals surface area contributed by atoms with Gasteiger partial charge in [-0.1, -0.05) is 18.2 Å². The van der Waals surface area contributed by atoms with Gasteiger partial charge in [0.15, 0.2) is 5.76 Å². The van der Waals surface area contributed by atoms with Crippen molar-refractivity contribution in [2.45, 2.75) is 12.5 Å². The van der Waals surface area contributed by atoms with Crippen molar-refractivity contribution < 1.29 is 13.9 Å². The van der Waals surface area contributed by atoms with Crippen LogP contribution in [-0.2, 0) is 4.74 Å². The maximum absolute atomic E-state index is 12.8. The number of furan rings is 1. The summed E-state index contributed by atoms with van der Waals surface area (Å²) in [6.45, 7) is 1.28. The molecule has 4 rings (SSSR count). The summed E-state index contributed by atoms with van der Waals surface area (Å²) in [4.78, 5) is 14.5. The van der Waals surface area contributed by atoms with Crippen molar-refractivity contribution in [1.82, 2.24) is 15.1 Å². The van der Waals surface area contributed by atoms with E-state index in [2.05, 4.69) is 10.2 Å². The number of carbonyl (C=O) groups is 1. The smallest absolute Gasteiger partial charge is 0.257 e.